The van der Waals surface area contributed by atoms with Crippen LogP contribution in [0.4, 0.5) is 10.8 Å². The number of carbonyl (C=O) groups excluding carboxylic acids is 1. The van der Waals surface area contributed by atoms with Gasteiger partial charge in [0.25, 0.3) is 5.17 Å². The molecular weight excluding hydrogens is 502 g/mol. The Labute approximate surface area is 217 Å². The summed E-state index contributed by atoms with van der Waals surface area (Å²) >= 11 is 13.4. The number of halogens is 1. The number of hydrogen-bond donors (Lipinski definition) is 2. The van der Waals surface area contributed by atoms with Crippen molar-refractivity contribution >= 4 is 57.1 Å². The van der Waals surface area contributed by atoms with Crippen LogP contribution in [-0.4, -0.2) is 32.5 Å². The van der Waals surface area contributed by atoms with Crippen LogP contribution in [-0.2, 0) is 22.4 Å². The molecule has 0 spiro atoms. The summed E-state index contributed by atoms with van der Waals surface area (Å²) in [5.41, 5.74) is 6.45. The van der Waals surface area contributed by atoms with Gasteiger partial charge in [-0.2, -0.15) is 5.10 Å². The van der Waals surface area contributed by atoms with Crippen LogP contribution in [0.5, 0.6) is 0 Å². The summed E-state index contributed by atoms with van der Waals surface area (Å²) < 4.78 is 7.21. The van der Waals surface area contributed by atoms with Crippen molar-refractivity contribution in [3.8, 4) is 27.5 Å². The first-order valence-electron chi connectivity index (χ1n) is 11.1. The lowest BCUT2D eigenvalue weighted by molar-refractivity contribution is -0.114. The molecule has 0 unspecified atom stereocenters. The van der Waals surface area contributed by atoms with Gasteiger partial charge in [-0.05, 0) is 50.2 Å². The predicted molar refractivity (Wildman–Crippen MR) is 145 cm³/mol. The third-order valence-corrected chi connectivity index (χ3v) is 7.08. The molecule has 1 aliphatic rings. The standard InChI is InChI=1S/C25H22ClN5O2S2/c1-3-33-25(34)28-16-9-12-20(18(26)13-16)31-22-17(21(30-31)15-7-5-4-6-8-15)10-11-19-23(22)35-24(29-19)27-14(2)32/h4-9,12-13H,3,10-11H2,1-2H3,(H,28,34)(H,27,29,32). The molecule has 178 valence electrons. The van der Waals surface area contributed by atoms with Crippen LogP contribution in [0.2, 0.25) is 5.02 Å². The van der Waals surface area contributed by atoms with Gasteiger partial charge >= 0.3 is 0 Å². The van der Waals surface area contributed by atoms with Gasteiger partial charge in [0.2, 0.25) is 5.91 Å². The first-order valence-corrected chi connectivity index (χ1v) is 12.7. The van der Waals surface area contributed by atoms with E-state index in [1.807, 2.05) is 41.9 Å². The zero-order valence-corrected chi connectivity index (χ0v) is 21.5. The number of nitrogens with zero attached hydrogens (tertiary/aromatic N) is 3. The fourth-order valence-electron chi connectivity index (χ4n) is 4.12. The number of carbonyl (C=O) groups is 1. The summed E-state index contributed by atoms with van der Waals surface area (Å²) in [7, 11) is 0. The molecule has 0 atom stereocenters. The highest BCUT2D eigenvalue weighted by atomic mass is 35.5. The Morgan fingerprint density at radius 1 is 1.20 bits per heavy atom. The highest BCUT2D eigenvalue weighted by Crippen LogP contribution is 2.44. The van der Waals surface area contributed by atoms with Crippen LogP contribution in [0.15, 0.2) is 48.5 Å². The van der Waals surface area contributed by atoms with E-state index in [2.05, 4.69) is 27.8 Å². The van der Waals surface area contributed by atoms with Crippen LogP contribution >= 0.6 is 35.2 Å². The molecule has 10 heteroatoms. The zero-order chi connectivity index (χ0) is 24.5. The number of aromatic nitrogens is 3. The van der Waals surface area contributed by atoms with E-state index >= 15 is 0 Å². The molecular formula is C25H22ClN5O2S2. The van der Waals surface area contributed by atoms with Gasteiger partial charge in [-0.3, -0.25) is 4.79 Å². The molecule has 5 rings (SSSR count). The maximum absolute atomic E-state index is 11.6. The number of nitrogens with one attached hydrogen (secondary N) is 2. The fraction of sp³-hybridized carbons (Fsp3) is 0.200. The fourth-order valence-corrected chi connectivity index (χ4v) is 5.73. The van der Waals surface area contributed by atoms with Gasteiger partial charge in [-0.25, -0.2) is 9.67 Å². The lowest BCUT2D eigenvalue weighted by Gasteiger charge is -2.15. The lowest BCUT2D eigenvalue weighted by atomic mass is 9.95. The Bertz CT molecular complexity index is 1430. The summed E-state index contributed by atoms with van der Waals surface area (Å²) in [4.78, 5) is 17.3. The summed E-state index contributed by atoms with van der Waals surface area (Å²) in [5, 5.41) is 12.3. The first-order chi connectivity index (χ1) is 16.9. The number of fused-ring (bicyclic) bond motifs is 3. The average molecular weight is 524 g/mol. The molecule has 4 aromatic rings. The smallest absolute Gasteiger partial charge is 0.261 e. The number of hydrogen-bond acceptors (Lipinski definition) is 6. The summed E-state index contributed by atoms with van der Waals surface area (Å²) in [5.74, 6) is -0.147. The lowest BCUT2D eigenvalue weighted by Crippen LogP contribution is -2.13. The predicted octanol–water partition coefficient (Wildman–Crippen LogP) is 6.11. The van der Waals surface area contributed by atoms with Crippen molar-refractivity contribution in [3.05, 3.63) is 64.8 Å². The molecule has 1 aliphatic carbocycles. The zero-order valence-electron chi connectivity index (χ0n) is 19.1. The Kier molecular flexibility index (Phi) is 6.55. The highest BCUT2D eigenvalue weighted by molar-refractivity contribution is 7.80. The Hall–Kier alpha value is -3.27. The van der Waals surface area contributed by atoms with E-state index < -0.39 is 0 Å². The Morgan fingerprint density at radius 3 is 2.71 bits per heavy atom. The first kappa shape index (κ1) is 23.5. The molecule has 0 aliphatic heterocycles. The molecule has 0 bridgehead atoms. The minimum absolute atomic E-state index is 0.147. The molecule has 1 amide bonds. The number of thiocarbonyl (C=S) groups is 1. The quantitative estimate of drug-likeness (QED) is 0.307. The second-order valence-corrected chi connectivity index (χ2v) is 9.72. The summed E-state index contributed by atoms with van der Waals surface area (Å²) in [6, 6.07) is 15.7. The molecule has 7 nitrogen and oxygen atoms in total. The number of thiazole rings is 1. The van der Waals surface area contributed by atoms with Gasteiger partial charge in [-0.15, -0.1) is 0 Å². The molecule has 2 aromatic carbocycles. The maximum Gasteiger partial charge on any atom is 0.261 e. The van der Waals surface area contributed by atoms with E-state index in [0.29, 0.717) is 21.9 Å². The van der Waals surface area contributed by atoms with Gasteiger partial charge in [0.15, 0.2) is 5.13 Å². The van der Waals surface area contributed by atoms with Crippen LogP contribution in [0, 0.1) is 0 Å². The van der Waals surface area contributed by atoms with Crippen molar-refractivity contribution in [1.29, 1.82) is 0 Å². The van der Waals surface area contributed by atoms with E-state index in [1.54, 1.807) is 6.07 Å². The van der Waals surface area contributed by atoms with Crippen molar-refractivity contribution < 1.29 is 9.53 Å². The van der Waals surface area contributed by atoms with Crippen molar-refractivity contribution in [2.45, 2.75) is 26.7 Å². The Balaban J connectivity index is 1.64. The highest BCUT2D eigenvalue weighted by Gasteiger charge is 2.30. The second kappa shape index (κ2) is 9.77. The van der Waals surface area contributed by atoms with E-state index in [4.69, 9.17) is 33.7 Å². The van der Waals surface area contributed by atoms with Crippen molar-refractivity contribution in [3.63, 3.8) is 0 Å². The molecule has 0 fully saturated rings. The largest absolute Gasteiger partial charge is 0.471 e. The number of aryl methyl sites for hydroxylation is 1. The number of benzene rings is 2. The van der Waals surface area contributed by atoms with Gasteiger partial charge in [-0.1, -0.05) is 53.3 Å². The van der Waals surface area contributed by atoms with Gasteiger partial charge in [0.05, 0.1) is 39.3 Å². The average Bonchev–Trinajstić information content (AvgIpc) is 3.40. The molecule has 2 heterocycles. The molecule has 2 N–H and O–H groups in total. The number of anilines is 2. The third kappa shape index (κ3) is 4.67. The number of ether oxygens (including phenoxy) is 1. The topological polar surface area (TPSA) is 81.1 Å². The minimum atomic E-state index is -0.147. The van der Waals surface area contributed by atoms with Crippen molar-refractivity contribution in [2.24, 2.45) is 0 Å². The molecule has 35 heavy (non-hydrogen) atoms. The van der Waals surface area contributed by atoms with Crippen LogP contribution in [0.3, 0.4) is 0 Å². The van der Waals surface area contributed by atoms with Crippen molar-refractivity contribution in [2.75, 3.05) is 17.2 Å². The van der Waals surface area contributed by atoms with Crippen LogP contribution < -0.4 is 10.6 Å². The van der Waals surface area contributed by atoms with E-state index in [1.165, 1.54) is 18.3 Å². The molecule has 2 aromatic heterocycles. The SMILES string of the molecule is CCOC(=S)Nc1ccc(-n2nc(-c3ccccc3)c3c2-c2sc(NC(C)=O)nc2CC3)c(Cl)c1. The molecule has 0 saturated carbocycles. The van der Waals surface area contributed by atoms with Gasteiger partial charge < -0.3 is 15.4 Å². The summed E-state index contributed by atoms with van der Waals surface area (Å²) in [6.45, 7) is 3.84. The maximum atomic E-state index is 11.6. The van der Waals surface area contributed by atoms with Crippen LogP contribution in [0.1, 0.15) is 25.1 Å². The normalized spacial score (nSPS) is 12.0. The third-order valence-electron chi connectivity index (χ3n) is 5.54. The summed E-state index contributed by atoms with van der Waals surface area (Å²) in [6.07, 6.45) is 1.56. The Morgan fingerprint density at radius 2 is 2.00 bits per heavy atom. The van der Waals surface area contributed by atoms with Crippen molar-refractivity contribution in [1.82, 2.24) is 14.8 Å². The molecule has 0 saturated heterocycles. The van der Waals surface area contributed by atoms with Crippen LogP contribution in [0.25, 0.3) is 27.5 Å². The minimum Gasteiger partial charge on any atom is -0.471 e. The second-order valence-electron chi connectivity index (χ2n) is 7.94. The van der Waals surface area contributed by atoms with E-state index in [9.17, 15) is 4.79 Å². The monoisotopic (exact) mass is 523 g/mol. The number of amides is 1. The van der Waals surface area contributed by atoms with Gasteiger partial charge in [0, 0.05) is 23.7 Å². The van der Waals surface area contributed by atoms with Gasteiger partial charge in [0.1, 0.15) is 0 Å². The number of rotatable bonds is 5. The van der Waals surface area contributed by atoms with E-state index in [0.717, 1.165) is 57.3 Å². The molecule has 0 radical (unpaired) electrons. The van der Waals surface area contributed by atoms with E-state index in [-0.39, 0.29) is 5.91 Å².